The van der Waals surface area contributed by atoms with Gasteiger partial charge < -0.3 is 14.6 Å². The van der Waals surface area contributed by atoms with Crippen LogP contribution in [0.15, 0.2) is 18.2 Å². The molecule has 1 aromatic carbocycles. The van der Waals surface area contributed by atoms with E-state index in [2.05, 4.69) is 4.72 Å². The largest absolute Gasteiger partial charge is 0.490 e. The van der Waals surface area contributed by atoms with Crippen molar-refractivity contribution in [2.75, 3.05) is 13.2 Å². The number of ether oxygens (including phenoxy) is 2. The molecular formula is C15H19NO6S. The maximum atomic E-state index is 12.0. The number of hydrogen-bond donors (Lipinski definition) is 2. The van der Waals surface area contributed by atoms with E-state index in [1.165, 1.54) is 0 Å². The van der Waals surface area contributed by atoms with E-state index < -0.39 is 27.3 Å². The van der Waals surface area contributed by atoms with Crippen LogP contribution in [-0.4, -0.2) is 44.0 Å². The lowest BCUT2D eigenvalue weighted by Gasteiger charge is -2.16. The maximum absolute atomic E-state index is 12.0. The molecule has 1 fully saturated rings. The average Bonchev–Trinajstić information content (AvgIpc) is 3.33. The molecule has 0 radical (unpaired) electrons. The molecule has 1 saturated carbocycles. The third-order valence-electron chi connectivity index (χ3n) is 3.82. The summed E-state index contributed by atoms with van der Waals surface area (Å²) in [5, 5.41) is 8.85. The Morgan fingerprint density at radius 1 is 1.26 bits per heavy atom. The molecule has 0 aromatic heterocycles. The quantitative estimate of drug-likeness (QED) is 0.798. The van der Waals surface area contributed by atoms with Gasteiger partial charge in [0.1, 0.15) is 6.04 Å². The van der Waals surface area contributed by atoms with Gasteiger partial charge in [-0.15, -0.1) is 0 Å². The van der Waals surface area contributed by atoms with E-state index in [9.17, 15) is 18.3 Å². The minimum absolute atomic E-state index is 0.0535. The Labute approximate surface area is 134 Å². The Bertz CT molecular complexity index is 698. The third kappa shape index (κ3) is 3.94. The molecule has 2 aliphatic rings. The highest BCUT2D eigenvalue weighted by Gasteiger charge is 2.38. The summed E-state index contributed by atoms with van der Waals surface area (Å²) in [6.07, 6.45) is 2.01. The highest BCUT2D eigenvalue weighted by molar-refractivity contribution is 7.90. The van der Waals surface area contributed by atoms with E-state index in [-0.39, 0.29) is 6.42 Å². The number of hydrogen-bond acceptors (Lipinski definition) is 5. The Kier molecular flexibility index (Phi) is 4.45. The SMILES string of the molecule is O=C(O)C(Cc1ccc2c(c1)OCCCO2)NS(=O)(=O)C1CC1. The van der Waals surface area contributed by atoms with E-state index in [0.717, 1.165) is 6.42 Å². The standard InChI is InChI=1S/C15H19NO6S/c17-15(18)12(16-23(19,20)11-3-4-11)8-10-2-5-13-14(9-10)22-7-1-6-21-13/h2,5,9,11-12,16H,1,3-4,6-8H2,(H,17,18). The fourth-order valence-corrected chi connectivity index (χ4v) is 3.95. The Morgan fingerprint density at radius 3 is 2.61 bits per heavy atom. The highest BCUT2D eigenvalue weighted by Crippen LogP contribution is 2.31. The topological polar surface area (TPSA) is 102 Å². The average molecular weight is 341 g/mol. The fraction of sp³-hybridized carbons (Fsp3) is 0.533. The summed E-state index contributed by atoms with van der Waals surface area (Å²) < 4.78 is 37.3. The lowest BCUT2D eigenvalue weighted by atomic mass is 10.1. The first-order valence-corrected chi connectivity index (χ1v) is 9.13. The maximum Gasteiger partial charge on any atom is 0.322 e. The summed E-state index contributed by atoms with van der Waals surface area (Å²) in [5.41, 5.74) is 0.681. The molecule has 23 heavy (non-hydrogen) atoms. The van der Waals surface area contributed by atoms with E-state index in [4.69, 9.17) is 9.47 Å². The molecule has 1 aliphatic carbocycles. The minimum atomic E-state index is -3.56. The molecule has 126 valence electrons. The van der Waals surface area contributed by atoms with Crippen LogP contribution in [0.4, 0.5) is 0 Å². The van der Waals surface area contributed by atoms with Crippen molar-refractivity contribution in [3.63, 3.8) is 0 Å². The summed E-state index contributed by atoms with van der Waals surface area (Å²) in [7, 11) is -3.56. The van der Waals surface area contributed by atoms with Gasteiger partial charge in [-0.1, -0.05) is 6.07 Å². The molecule has 0 amide bonds. The smallest absolute Gasteiger partial charge is 0.322 e. The van der Waals surface area contributed by atoms with Gasteiger partial charge in [-0.25, -0.2) is 13.1 Å². The van der Waals surface area contributed by atoms with Crippen molar-refractivity contribution >= 4 is 16.0 Å². The second-order valence-corrected chi connectivity index (χ2v) is 7.78. The van der Waals surface area contributed by atoms with Crippen LogP contribution in [0.1, 0.15) is 24.8 Å². The van der Waals surface area contributed by atoms with E-state index >= 15 is 0 Å². The molecule has 2 N–H and O–H groups in total. The fourth-order valence-electron chi connectivity index (χ4n) is 2.42. The van der Waals surface area contributed by atoms with Gasteiger partial charge in [0.05, 0.1) is 18.5 Å². The monoisotopic (exact) mass is 341 g/mol. The summed E-state index contributed by atoms with van der Waals surface area (Å²) in [4.78, 5) is 11.4. The molecule has 1 aliphatic heterocycles. The Balaban J connectivity index is 1.75. The molecule has 1 unspecified atom stereocenters. The first-order chi connectivity index (χ1) is 11.0. The molecule has 7 nitrogen and oxygen atoms in total. The lowest BCUT2D eigenvalue weighted by molar-refractivity contribution is -0.138. The zero-order valence-electron chi connectivity index (χ0n) is 12.5. The molecule has 8 heteroatoms. The van der Waals surface area contributed by atoms with Gasteiger partial charge in [0, 0.05) is 6.42 Å². The van der Waals surface area contributed by atoms with E-state index in [1.807, 2.05) is 0 Å². The van der Waals surface area contributed by atoms with Crippen molar-refractivity contribution in [3.05, 3.63) is 23.8 Å². The van der Waals surface area contributed by atoms with Crippen LogP contribution in [0.25, 0.3) is 0 Å². The summed E-state index contributed by atoms with van der Waals surface area (Å²) in [5.74, 6) is -0.00721. The van der Waals surface area contributed by atoms with Gasteiger partial charge in [0.2, 0.25) is 10.0 Å². The van der Waals surface area contributed by atoms with Gasteiger partial charge >= 0.3 is 5.97 Å². The van der Waals surface area contributed by atoms with Gasteiger partial charge in [0.25, 0.3) is 0 Å². The van der Waals surface area contributed by atoms with Crippen LogP contribution in [0, 0.1) is 0 Å². The molecule has 3 rings (SSSR count). The highest BCUT2D eigenvalue weighted by atomic mass is 32.2. The van der Waals surface area contributed by atoms with Crippen molar-refractivity contribution in [2.24, 2.45) is 0 Å². The normalized spacial score (nSPS) is 19.0. The van der Waals surface area contributed by atoms with Gasteiger partial charge in [-0.2, -0.15) is 0 Å². The summed E-state index contributed by atoms with van der Waals surface area (Å²) in [6.45, 7) is 1.11. The van der Waals surface area contributed by atoms with Gasteiger partial charge in [-0.05, 0) is 37.0 Å². The molecule has 1 heterocycles. The zero-order valence-corrected chi connectivity index (χ0v) is 13.3. The van der Waals surface area contributed by atoms with Crippen LogP contribution in [0.3, 0.4) is 0 Å². The molecule has 1 aromatic rings. The van der Waals surface area contributed by atoms with Crippen LogP contribution in [-0.2, 0) is 21.2 Å². The summed E-state index contributed by atoms with van der Waals surface area (Å²) >= 11 is 0. The van der Waals surface area contributed by atoms with Crippen molar-refractivity contribution in [2.45, 2.75) is 37.0 Å². The number of carboxylic acids is 1. The first kappa shape index (κ1) is 16.1. The molecule has 0 bridgehead atoms. The zero-order chi connectivity index (χ0) is 16.4. The molecule has 1 atom stereocenters. The van der Waals surface area contributed by atoms with Crippen molar-refractivity contribution < 1.29 is 27.8 Å². The van der Waals surface area contributed by atoms with E-state index in [1.54, 1.807) is 18.2 Å². The number of benzene rings is 1. The van der Waals surface area contributed by atoms with Crippen molar-refractivity contribution in [1.82, 2.24) is 4.72 Å². The number of sulfonamides is 1. The molecular weight excluding hydrogens is 322 g/mol. The van der Waals surface area contributed by atoms with Crippen LogP contribution < -0.4 is 14.2 Å². The first-order valence-electron chi connectivity index (χ1n) is 7.58. The van der Waals surface area contributed by atoms with Crippen LogP contribution >= 0.6 is 0 Å². The predicted molar refractivity (Wildman–Crippen MR) is 82.3 cm³/mol. The Morgan fingerprint density at radius 2 is 1.96 bits per heavy atom. The lowest BCUT2D eigenvalue weighted by Crippen LogP contribution is -2.43. The summed E-state index contributed by atoms with van der Waals surface area (Å²) in [6, 6.07) is 3.98. The Hall–Kier alpha value is -1.80. The second kappa shape index (κ2) is 6.37. The number of carbonyl (C=O) groups is 1. The van der Waals surface area contributed by atoms with Crippen molar-refractivity contribution in [3.8, 4) is 11.5 Å². The third-order valence-corrected chi connectivity index (χ3v) is 5.78. The number of carboxylic acid groups (broad SMARTS) is 1. The predicted octanol–water partition coefficient (Wildman–Crippen LogP) is 0.925. The van der Waals surface area contributed by atoms with Crippen LogP contribution in [0.5, 0.6) is 11.5 Å². The number of rotatable bonds is 6. The second-order valence-electron chi connectivity index (χ2n) is 5.79. The van der Waals surface area contributed by atoms with Gasteiger partial charge in [0.15, 0.2) is 11.5 Å². The number of fused-ring (bicyclic) bond motifs is 1. The van der Waals surface area contributed by atoms with Gasteiger partial charge in [-0.3, -0.25) is 4.79 Å². The molecule has 0 spiro atoms. The molecule has 0 saturated heterocycles. The van der Waals surface area contributed by atoms with Crippen LogP contribution in [0.2, 0.25) is 0 Å². The number of aliphatic carboxylic acids is 1. The van der Waals surface area contributed by atoms with E-state index in [0.29, 0.717) is 43.1 Å². The minimum Gasteiger partial charge on any atom is -0.490 e. The number of nitrogens with one attached hydrogen (secondary N) is 1. The van der Waals surface area contributed by atoms with Crippen molar-refractivity contribution in [1.29, 1.82) is 0 Å².